The van der Waals surface area contributed by atoms with Gasteiger partial charge in [0.25, 0.3) is 5.69 Å². The molecule has 0 aromatic heterocycles. The van der Waals surface area contributed by atoms with Crippen molar-refractivity contribution < 1.29 is 4.92 Å². The Labute approximate surface area is 107 Å². The summed E-state index contributed by atoms with van der Waals surface area (Å²) in [6, 6.07) is 6.56. The molecule has 0 fully saturated rings. The van der Waals surface area contributed by atoms with E-state index in [1.807, 2.05) is 13.0 Å². The van der Waals surface area contributed by atoms with Crippen LogP contribution in [0.15, 0.2) is 18.2 Å². The van der Waals surface area contributed by atoms with Crippen LogP contribution in [0, 0.1) is 21.4 Å². The van der Waals surface area contributed by atoms with Crippen molar-refractivity contribution in [3.8, 4) is 6.07 Å². The summed E-state index contributed by atoms with van der Waals surface area (Å²) in [4.78, 5) is 10.5. The van der Waals surface area contributed by atoms with Gasteiger partial charge in [0.1, 0.15) is 5.69 Å². The zero-order valence-corrected chi connectivity index (χ0v) is 10.6. The number of hydrogen-bond donors (Lipinski definition) is 1. The van der Waals surface area contributed by atoms with Crippen LogP contribution in [0.25, 0.3) is 0 Å². The molecule has 1 aromatic rings. The van der Waals surface area contributed by atoms with Crippen molar-refractivity contribution in [3.05, 3.63) is 33.9 Å². The molecule has 0 amide bonds. The van der Waals surface area contributed by atoms with Crippen LogP contribution in [0.3, 0.4) is 0 Å². The largest absolute Gasteiger partial charge is 0.377 e. The minimum absolute atomic E-state index is 0.0441. The zero-order chi connectivity index (χ0) is 13.5. The maximum Gasteiger partial charge on any atom is 0.293 e. The van der Waals surface area contributed by atoms with E-state index in [2.05, 4.69) is 12.2 Å². The molecule has 0 saturated carbocycles. The molecule has 1 aromatic carbocycles. The Hall–Kier alpha value is -2.09. The van der Waals surface area contributed by atoms with Crippen LogP contribution in [0.5, 0.6) is 0 Å². The lowest BCUT2D eigenvalue weighted by molar-refractivity contribution is -0.384. The third-order valence-electron chi connectivity index (χ3n) is 2.72. The highest BCUT2D eigenvalue weighted by atomic mass is 16.6. The Morgan fingerprint density at radius 3 is 2.83 bits per heavy atom. The first-order valence-corrected chi connectivity index (χ1v) is 6.03. The molecule has 0 spiro atoms. The van der Waals surface area contributed by atoms with Gasteiger partial charge in [0.2, 0.25) is 0 Å². The first-order chi connectivity index (χ1) is 8.58. The maximum atomic E-state index is 10.9. The van der Waals surface area contributed by atoms with Gasteiger partial charge < -0.3 is 5.32 Å². The summed E-state index contributed by atoms with van der Waals surface area (Å²) in [7, 11) is 0. The Morgan fingerprint density at radius 2 is 2.28 bits per heavy atom. The number of anilines is 1. The van der Waals surface area contributed by atoms with Crippen LogP contribution in [0.4, 0.5) is 11.4 Å². The molecular weight excluding hydrogens is 230 g/mol. The lowest BCUT2D eigenvalue weighted by Crippen LogP contribution is -2.15. The average molecular weight is 247 g/mol. The molecule has 1 N–H and O–H groups in total. The Kier molecular flexibility index (Phi) is 5.12. The van der Waals surface area contributed by atoms with E-state index in [0.717, 1.165) is 19.3 Å². The topological polar surface area (TPSA) is 79.0 Å². The van der Waals surface area contributed by atoms with Crippen LogP contribution in [0.1, 0.15) is 38.7 Å². The van der Waals surface area contributed by atoms with Gasteiger partial charge in [0, 0.05) is 12.1 Å². The molecule has 1 unspecified atom stereocenters. The summed E-state index contributed by atoms with van der Waals surface area (Å²) in [5, 5.41) is 22.8. The van der Waals surface area contributed by atoms with Gasteiger partial charge in [0.05, 0.1) is 16.6 Å². The predicted octanol–water partition coefficient (Wildman–Crippen LogP) is 3.46. The predicted molar refractivity (Wildman–Crippen MR) is 70.4 cm³/mol. The molecule has 5 nitrogen and oxygen atoms in total. The molecule has 0 saturated heterocycles. The smallest absolute Gasteiger partial charge is 0.293 e. The van der Waals surface area contributed by atoms with E-state index in [4.69, 9.17) is 5.26 Å². The molecule has 18 heavy (non-hydrogen) atoms. The van der Waals surface area contributed by atoms with Gasteiger partial charge in [-0.25, -0.2) is 0 Å². The molecule has 1 rings (SSSR count). The fourth-order valence-electron chi connectivity index (χ4n) is 1.72. The van der Waals surface area contributed by atoms with Gasteiger partial charge >= 0.3 is 0 Å². The highest BCUT2D eigenvalue weighted by Gasteiger charge is 2.16. The van der Waals surface area contributed by atoms with Crippen LogP contribution in [0.2, 0.25) is 0 Å². The number of nitrogens with one attached hydrogen (secondary N) is 1. The van der Waals surface area contributed by atoms with E-state index in [-0.39, 0.29) is 11.7 Å². The second-order valence-electron chi connectivity index (χ2n) is 4.29. The van der Waals surface area contributed by atoms with Crippen LogP contribution in [-0.4, -0.2) is 11.0 Å². The fourth-order valence-corrected chi connectivity index (χ4v) is 1.72. The Morgan fingerprint density at radius 1 is 1.56 bits per heavy atom. The lowest BCUT2D eigenvalue weighted by Gasteiger charge is -2.14. The number of nitriles is 1. The quantitative estimate of drug-likeness (QED) is 0.616. The summed E-state index contributed by atoms with van der Waals surface area (Å²) >= 11 is 0. The second kappa shape index (κ2) is 6.60. The number of hydrogen-bond acceptors (Lipinski definition) is 4. The van der Waals surface area contributed by atoms with Gasteiger partial charge in [-0.05, 0) is 25.5 Å². The molecule has 0 aliphatic rings. The summed E-state index contributed by atoms with van der Waals surface area (Å²) < 4.78 is 0. The van der Waals surface area contributed by atoms with Crippen LogP contribution >= 0.6 is 0 Å². The highest BCUT2D eigenvalue weighted by molar-refractivity contribution is 5.64. The summed E-state index contributed by atoms with van der Waals surface area (Å²) in [5.41, 5.74) is 0.730. The molecule has 0 heterocycles. The van der Waals surface area contributed by atoms with E-state index >= 15 is 0 Å². The van der Waals surface area contributed by atoms with Crippen LogP contribution < -0.4 is 5.32 Å². The highest BCUT2D eigenvalue weighted by Crippen LogP contribution is 2.26. The normalized spacial score (nSPS) is 11.6. The van der Waals surface area contributed by atoms with Gasteiger partial charge in [-0.15, -0.1) is 0 Å². The average Bonchev–Trinajstić information content (AvgIpc) is 2.36. The molecule has 0 aliphatic carbocycles. The van der Waals surface area contributed by atoms with Crippen molar-refractivity contribution in [3.63, 3.8) is 0 Å². The van der Waals surface area contributed by atoms with Crippen molar-refractivity contribution in [2.24, 2.45) is 0 Å². The monoisotopic (exact) mass is 247 g/mol. The van der Waals surface area contributed by atoms with Crippen molar-refractivity contribution >= 4 is 11.4 Å². The van der Waals surface area contributed by atoms with Crippen molar-refractivity contribution in [1.29, 1.82) is 5.26 Å². The molecule has 96 valence electrons. The number of rotatable bonds is 6. The van der Waals surface area contributed by atoms with E-state index in [0.29, 0.717) is 11.3 Å². The minimum atomic E-state index is -0.463. The molecule has 1 atom stereocenters. The van der Waals surface area contributed by atoms with Gasteiger partial charge in [-0.2, -0.15) is 5.26 Å². The number of nitro benzene ring substituents is 1. The zero-order valence-electron chi connectivity index (χ0n) is 10.6. The first-order valence-electron chi connectivity index (χ1n) is 6.03. The van der Waals surface area contributed by atoms with E-state index in [1.54, 1.807) is 12.1 Å². The molecule has 5 heteroatoms. The van der Waals surface area contributed by atoms with Crippen molar-refractivity contribution in [2.45, 2.75) is 39.2 Å². The minimum Gasteiger partial charge on any atom is -0.377 e. The van der Waals surface area contributed by atoms with Gasteiger partial charge in [-0.1, -0.05) is 19.8 Å². The number of benzene rings is 1. The third kappa shape index (κ3) is 3.74. The third-order valence-corrected chi connectivity index (χ3v) is 2.72. The molecule has 0 radical (unpaired) electrons. The summed E-state index contributed by atoms with van der Waals surface area (Å²) in [6.45, 7) is 4.11. The van der Waals surface area contributed by atoms with E-state index in [9.17, 15) is 10.1 Å². The molecule has 0 aliphatic heterocycles. The summed E-state index contributed by atoms with van der Waals surface area (Å²) in [6.07, 6.45) is 3.15. The fraction of sp³-hybridized carbons (Fsp3) is 0.462. The van der Waals surface area contributed by atoms with Gasteiger partial charge in [-0.3, -0.25) is 10.1 Å². The molecular formula is C13H17N3O2. The Bertz CT molecular complexity index is 466. The second-order valence-corrected chi connectivity index (χ2v) is 4.29. The molecule has 0 bridgehead atoms. The Balaban J connectivity index is 2.88. The maximum absolute atomic E-state index is 10.9. The van der Waals surface area contributed by atoms with Crippen molar-refractivity contribution in [2.75, 3.05) is 5.32 Å². The lowest BCUT2D eigenvalue weighted by atomic mass is 10.1. The number of nitro groups is 1. The standard InChI is InChI=1S/C13H17N3O2/c1-3-4-5-10(2)15-12-7-6-11(9-14)8-13(12)16(17)18/h6-8,10,15H,3-5H2,1-2H3. The summed E-state index contributed by atoms with van der Waals surface area (Å²) in [5.74, 6) is 0. The van der Waals surface area contributed by atoms with Crippen LogP contribution in [-0.2, 0) is 0 Å². The van der Waals surface area contributed by atoms with Gasteiger partial charge in [0.15, 0.2) is 0 Å². The van der Waals surface area contributed by atoms with Crippen molar-refractivity contribution in [1.82, 2.24) is 0 Å². The number of nitrogens with zero attached hydrogens (tertiary/aromatic N) is 2. The van der Waals surface area contributed by atoms with E-state index in [1.165, 1.54) is 6.07 Å². The van der Waals surface area contributed by atoms with E-state index < -0.39 is 4.92 Å². The first kappa shape index (κ1) is 14.0. The number of unbranched alkanes of at least 4 members (excludes halogenated alkanes) is 1. The SMILES string of the molecule is CCCCC(C)Nc1ccc(C#N)cc1[N+](=O)[O-].